The molecule has 5 nitrogen and oxygen atoms in total. The Morgan fingerprint density at radius 3 is 2.37 bits per heavy atom. The van der Waals surface area contributed by atoms with Crippen LogP contribution in [0.3, 0.4) is 0 Å². The number of carbonyl (C=O) groups is 2. The number of thiophene rings is 1. The van der Waals surface area contributed by atoms with Gasteiger partial charge in [0.1, 0.15) is 0 Å². The number of halogens is 4. The lowest BCUT2D eigenvalue weighted by atomic mass is 10.2. The zero-order valence-corrected chi connectivity index (χ0v) is 18.2. The molecule has 0 saturated carbocycles. The number of hydrogen-bond acceptors (Lipinski definition) is 4. The molecule has 1 aromatic carbocycles. The molecule has 0 bridgehead atoms. The van der Waals surface area contributed by atoms with Crippen molar-refractivity contribution in [3.05, 3.63) is 51.2 Å². The van der Waals surface area contributed by atoms with Crippen LogP contribution in [-0.2, 0) is 11.0 Å². The zero-order valence-electron chi connectivity index (χ0n) is 16.6. The molecule has 0 atom stereocenters. The fraction of sp³-hybridized carbons (Fsp3) is 0.400. The van der Waals surface area contributed by atoms with E-state index in [9.17, 15) is 22.8 Å². The lowest BCUT2D eigenvalue weighted by Gasteiger charge is -2.34. The van der Waals surface area contributed by atoms with E-state index in [0.717, 1.165) is 18.2 Å². The van der Waals surface area contributed by atoms with Crippen molar-refractivity contribution in [3.63, 3.8) is 0 Å². The summed E-state index contributed by atoms with van der Waals surface area (Å²) in [5.74, 6) is -0.492. The van der Waals surface area contributed by atoms with Crippen LogP contribution in [0.25, 0.3) is 0 Å². The van der Waals surface area contributed by atoms with Crippen molar-refractivity contribution in [2.24, 2.45) is 0 Å². The molecule has 1 saturated heterocycles. The molecule has 0 spiro atoms. The summed E-state index contributed by atoms with van der Waals surface area (Å²) in [6, 6.07) is 6.37. The van der Waals surface area contributed by atoms with Gasteiger partial charge in [0.05, 0.1) is 27.7 Å². The number of nitrogens with one attached hydrogen (secondary N) is 1. The van der Waals surface area contributed by atoms with Gasteiger partial charge in [0.2, 0.25) is 5.91 Å². The van der Waals surface area contributed by atoms with Crippen LogP contribution < -0.4 is 5.32 Å². The first kappa shape index (κ1) is 24.2. The molecule has 1 aliphatic heterocycles. The highest BCUT2D eigenvalue weighted by atomic mass is 35.5. The highest BCUT2D eigenvalue weighted by Crippen LogP contribution is 2.33. The average Bonchev–Trinajstić information content (AvgIpc) is 3.25. The predicted molar refractivity (Wildman–Crippen MR) is 113 cm³/mol. The summed E-state index contributed by atoms with van der Waals surface area (Å²) in [4.78, 5) is 28.8. The minimum atomic E-state index is -4.52. The smallest absolute Gasteiger partial charge is 0.335 e. The van der Waals surface area contributed by atoms with E-state index in [1.807, 2.05) is 30.2 Å². The van der Waals surface area contributed by atoms with Gasteiger partial charge in [0.25, 0.3) is 5.91 Å². The number of piperazine rings is 1. The molecule has 0 unspecified atom stereocenters. The highest BCUT2D eigenvalue weighted by molar-refractivity contribution is 7.12. The van der Waals surface area contributed by atoms with Crippen LogP contribution in [0.15, 0.2) is 35.7 Å². The number of amides is 2. The van der Waals surface area contributed by atoms with Gasteiger partial charge in [-0.3, -0.25) is 14.5 Å². The Morgan fingerprint density at radius 2 is 1.80 bits per heavy atom. The second-order valence-corrected chi connectivity index (χ2v) is 7.64. The highest BCUT2D eigenvalue weighted by Gasteiger charge is 2.31. The van der Waals surface area contributed by atoms with Gasteiger partial charge in [-0.15, -0.1) is 11.3 Å². The standard InChI is InChI=1S/C18H17ClF3N3O2S.C2H6/c19-13-4-3-12(18(20,21)22)10-14(13)23-16(26)11-24-5-7-25(8-6-24)17(27)15-2-1-9-28-15;1-2/h1-4,9-10H,5-8,11H2,(H,23,26);1-2H3. The van der Waals surface area contributed by atoms with Crippen LogP contribution in [0.1, 0.15) is 29.1 Å². The van der Waals surface area contributed by atoms with E-state index in [0.29, 0.717) is 31.1 Å². The van der Waals surface area contributed by atoms with Crippen LogP contribution in [0.5, 0.6) is 0 Å². The van der Waals surface area contributed by atoms with Gasteiger partial charge in [-0.05, 0) is 29.6 Å². The Hall–Kier alpha value is -2.10. The first-order chi connectivity index (χ1) is 14.2. The monoisotopic (exact) mass is 461 g/mol. The second-order valence-electron chi connectivity index (χ2n) is 6.29. The fourth-order valence-corrected chi connectivity index (χ4v) is 3.71. The molecule has 10 heteroatoms. The Morgan fingerprint density at radius 1 is 1.13 bits per heavy atom. The van der Waals surface area contributed by atoms with Crippen molar-refractivity contribution in [3.8, 4) is 0 Å². The summed E-state index contributed by atoms with van der Waals surface area (Å²) >= 11 is 7.28. The fourth-order valence-electron chi connectivity index (χ4n) is 2.86. The third-order valence-electron chi connectivity index (χ3n) is 4.33. The Kier molecular flexibility index (Phi) is 8.69. The topological polar surface area (TPSA) is 52.7 Å². The van der Waals surface area contributed by atoms with Crippen molar-refractivity contribution in [1.82, 2.24) is 9.80 Å². The van der Waals surface area contributed by atoms with Crippen molar-refractivity contribution in [2.75, 3.05) is 38.0 Å². The molecular formula is C20H23ClF3N3O2S. The maximum absolute atomic E-state index is 12.8. The molecule has 1 aliphatic rings. The quantitative estimate of drug-likeness (QED) is 0.708. The molecule has 1 N–H and O–H groups in total. The molecule has 3 rings (SSSR count). The Labute approximate surface area is 182 Å². The molecule has 2 heterocycles. The number of nitrogens with zero attached hydrogens (tertiary/aromatic N) is 2. The Bertz CT molecular complexity index is 851. The van der Waals surface area contributed by atoms with Gasteiger partial charge in [-0.25, -0.2) is 0 Å². The lowest BCUT2D eigenvalue weighted by molar-refractivity contribution is -0.137. The van der Waals surface area contributed by atoms with Crippen molar-refractivity contribution in [2.45, 2.75) is 20.0 Å². The first-order valence-electron chi connectivity index (χ1n) is 9.46. The number of anilines is 1. The number of hydrogen-bond donors (Lipinski definition) is 1. The molecule has 1 fully saturated rings. The third-order valence-corrected chi connectivity index (χ3v) is 5.51. The summed E-state index contributed by atoms with van der Waals surface area (Å²) in [5.41, 5.74) is -0.957. The van der Waals surface area contributed by atoms with Gasteiger partial charge < -0.3 is 10.2 Å². The van der Waals surface area contributed by atoms with Gasteiger partial charge in [0.15, 0.2) is 0 Å². The van der Waals surface area contributed by atoms with Gasteiger partial charge in [-0.1, -0.05) is 31.5 Å². The van der Waals surface area contributed by atoms with E-state index in [1.165, 1.54) is 11.3 Å². The van der Waals surface area contributed by atoms with Crippen molar-refractivity contribution >= 4 is 40.4 Å². The summed E-state index contributed by atoms with van der Waals surface area (Å²) in [7, 11) is 0. The Balaban J connectivity index is 0.00000155. The number of benzene rings is 1. The molecule has 1 aromatic heterocycles. The average molecular weight is 462 g/mol. The van der Waals surface area contributed by atoms with Gasteiger partial charge in [-0.2, -0.15) is 13.2 Å². The number of rotatable bonds is 4. The molecule has 0 aliphatic carbocycles. The molecule has 164 valence electrons. The van der Waals surface area contributed by atoms with Crippen LogP contribution in [0, 0.1) is 0 Å². The maximum atomic E-state index is 12.8. The summed E-state index contributed by atoms with van der Waals surface area (Å²) in [5, 5.41) is 4.31. The van der Waals surface area contributed by atoms with E-state index in [-0.39, 0.29) is 23.2 Å². The largest absolute Gasteiger partial charge is 0.416 e. The van der Waals surface area contributed by atoms with Gasteiger partial charge in [0, 0.05) is 26.2 Å². The van der Waals surface area contributed by atoms with Gasteiger partial charge >= 0.3 is 6.18 Å². The zero-order chi connectivity index (χ0) is 22.3. The van der Waals surface area contributed by atoms with E-state index in [2.05, 4.69) is 5.32 Å². The van der Waals surface area contributed by atoms with E-state index < -0.39 is 17.6 Å². The summed E-state index contributed by atoms with van der Waals surface area (Å²) in [6.07, 6.45) is -4.52. The third kappa shape index (κ3) is 6.45. The molecule has 30 heavy (non-hydrogen) atoms. The first-order valence-corrected chi connectivity index (χ1v) is 10.7. The second kappa shape index (κ2) is 10.8. The van der Waals surface area contributed by atoms with Crippen LogP contribution in [-0.4, -0.2) is 54.3 Å². The maximum Gasteiger partial charge on any atom is 0.416 e. The van der Waals surface area contributed by atoms with E-state index in [4.69, 9.17) is 11.6 Å². The summed E-state index contributed by atoms with van der Waals surface area (Å²) < 4.78 is 38.5. The molecule has 0 radical (unpaired) electrons. The normalized spacial score (nSPS) is 14.7. The number of alkyl halides is 3. The SMILES string of the molecule is CC.O=C(CN1CCN(C(=O)c2cccs2)CC1)Nc1cc(C(F)(F)F)ccc1Cl. The van der Waals surface area contributed by atoms with E-state index >= 15 is 0 Å². The minimum Gasteiger partial charge on any atom is -0.335 e. The van der Waals surface area contributed by atoms with Crippen molar-refractivity contribution in [1.29, 1.82) is 0 Å². The number of carbonyl (C=O) groups excluding carboxylic acids is 2. The van der Waals surface area contributed by atoms with Crippen LogP contribution in [0.4, 0.5) is 18.9 Å². The minimum absolute atomic E-state index is 0.00755. The van der Waals surface area contributed by atoms with E-state index in [1.54, 1.807) is 11.0 Å². The van der Waals surface area contributed by atoms with Crippen molar-refractivity contribution < 1.29 is 22.8 Å². The van der Waals surface area contributed by atoms with Crippen LogP contribution >= 0.6 is 22.9 Å². The molecule has 2 aromatic rings. The lowest BCUT2D eigenvalue weighted by Crippen LogP contribution is -2.50. The predicted octanol–water partition coefficient (Wildman–Crippen LogP) is 4.84. The molecule has 2 amide bonds. The summed E-state index contributed by atoms with van der Waals surface area (Å²) in [6.45, 7) is 5.97. The molecular weight excluding hydrogens is 439 g/mol. The van der Waals surface area contributed by atoms with Crippen LogP contribution in [0.2, 0.25) is 5.02 Å².